The van der Waals surface area contributed by atoms with Crippen molar-refractivity contribution < 1.29 is 9.21 Å². The van der Waals surface area contributed by atoms with E-state index < -0.39 is 0 Å². The maximum absolute atomic E-state index is 12.1. The first-order chi connectivity index (χ1) is 12.2. The normalized spacial score (nSPS) is 19.6. The van der Waals surface area contributed by atoms with Crippen LogP contribution in [0, 0.1) is 0 Å². The summed E-state index contributed by atoms with van der Waals surface area (Å²) < 4.78 is 5.27. The number of furan rings is 1. The van der Waals surface area contributed by atoms with E-state index in [1.54, 1.807) is 18.4 Å². The van der Waals surface area contributed by atoms with E-state index in [1.165, 1.54) is 11.8 Å². The van der Waals surface area contributed by atoms with E-state index in [1.807, 2.05) is 24.3 Å². The van der Waals surface area contributed by atoms with Gasteiger partial charge in [0.2, 0.25) is 0 Å². The SMILES string of the molecule is O=C1N=C(N2CCN(c3cccc(Cl)c3)CC2)S/C1=C\c1ccco1. The van der Waals surface area contributed by atoms with Gasteiger partial charge in [0.25, 0.3) is 5.91 Å². The molecule has 3 heterocycles. The molecule has 1 aromatic carbocycles. The quantitative estimate of drug-likeness (QED) is 0.751. The standard InChI is InChI=1S/C18H16ClN3O2S/c19-13-3-1-4-14(11-13)21-6-8-22(9-7-21)18-20-17(23)16(25-18)12-15-5-2-10-24-15/h1-5,10-12H,6-9H2/b16-12-. The van der Waals surface area contributed by atoms with E-state index in [-0.39, 0.29) is 5.91 Å². The highest BCUT2D eigenvalue weighted by molar-refractivity contribution is 8.18. The van der Waals surface area contributed by atoms with E-state index in [2.05, 4.69) is 20.9 Å². The summed E-state index contributed by atoms with van der Waals surface area (Å²) in [6, 6.07) is 11.5. The Morgan fingerprint density at radius 2 is 1.92 bits per heavy atom. The van der Waals surface area contributed by atoms with Crippen molar-refractivity contribution in [1.29, 1.82) is 0 Å². The second kappa shape index (κ2) is 6.98. The lowest BCUT2D eigenvalue weighted by Gasteiger charge is -2.36. The number of piperazine rings is 1. The van der Waals surface area contributed by atoms with Gasteiger partial charge in [-0.25, -0.2) is 0 Å². The molecule has 128 valence electrons. The number of aliphatic imine (C=N–C) groups is 1. The lowest BCUT2D eigenvalue weighted by Crippen LogP contribution is -2.47. The predicted molar refractivity (Wildman–Crippen MR) is 102 cm³/mol. The molecule has 0 radical (unpaired) electrons. The Morgan fingerprint density at radius 3 is 2.64 bits per heavy atom. The minimum atomic E-state index is -0.200. The summed E-state index contributed by atoms with van der Waals surface area (Å²) in [7, 11) is 0. The van der Waals surface area contributed by atoms with Gasteiger partial charge in [0, 0.05) is 43.0 Å². The number of hydrogen-bond donors (Lipinski definition) is 0. The van der Waals surface area contributed by atoms with Gasteiger partial charge in [-0.15, -0.1) is 0 Å². The number of nitrogens with zero attached hydrogens (tertiary/aromatic N) is 3. The fourth-order valence-corrected chi connectivity index (χ4v) is 3.99. The zero-order chi connectivity index (χ0) is 17.2. The molecule has 1 saturated heterocycles. The van der Waals surface area contributed by atoms with Crippen LogP contribution in [-0.2, 0) is 4.79 Å². The molecule has 2 aliphatic heterocycles. The largest absolute Gasteiger partial charge is 0.465 e. The minimum Gasteiger partial charge on any atom is -0.465 e. The van der Waals surface area contributed by atoms with Crippen LogP contribution in [0.2, 0.25) is 5.02 Å². The minimum absolute atomic E-state index is 0.200. The van der Waals surface area contributed by atoms with E-state index in [9.17, 15) is 4.79 Å². The topological polar surface area (TPSA) is 49.1 Å². The summed E-state index contributed by atoms with van der Waals surface area (Å²) in [5, 5.41) is 1.52. The lowest BCUT2D eigenvalue weighted by molar-refractivity contribution is -0.113. The van der Waals surface area contributed by atoms with E-state index in [0.717, 1.165) is 42.1 Å². The molecule has 2 aliphatic rings. The van der Waals surface area contributed by atoms with Gasteiger partial charge in [-0.2, -0.15) is 4.99 Å². The highest BCUT2D eigenvalue weighted by atomic mass is 35.5. The number of anilines is 1. The molecule has 0 aliphatic carbocycles. The Labute approximate surface area is 155 Å². The van der Waals surface area contributed by atoms with Crippen molar-refractivity contribution in [3.8, 4) is 0 Å². The molecule has 0 unspecified atom stereocenters. The second-order valence-corrected chi connectivity index (χ2v) is 7.23. The Balaban J connectivity index is 1.40. The number of amidine groups is 1. The third kappa shape index (κ3) is 3.60. The average molecular weight is 374 g/mol. The van der Waals surface area contributed by atoms with Crippen molar-refractivity contribution in [2.45, 2.75) is 0 Å². The van der Waals surface area contributed by atoms with Crippen molar-refractivity contribution in [2.24, 2.45) is 4.99 Å². The van der Waals surface area contributed by atoms with Crippen LogP contribution in [0.3, 0.4) is 0 Å². The Hall–Kier alpha value is -2.18. The highest BCUT2D eigenvalue weighted by Crippen LogP contribution is 2.31. The first-order valence-corrected chi connectivity index (χ1v) is 9.20. The maximum atomic E-state index is 12.1. The summed E-state index contributed by atoms with van der Waals surface area (Å²) in [5.41, 5.74) is 1.13. The van der Waals surface area contributed by atoms with E-state index >= 15 is 0 Å². The molecule has 0 saturated carbocycles. The first-order valence-electron chi connectivity index (χ1n) is 8.00. The molecule has 5 nitrogen and oxygen atoms in total. The molecule has 0 N–H and O–H groups in total. The van der Waals surface area contributed by atoms with Crippen LogP contribution in [0.5, 0.6) is 0 Å². The monoisotopic (exact) mass is 373 g/mol. The number of amides is 1. The first kappa shape index (κ1) is 16.3. The molecule has 1 amide bonds. The Bertz CT molecular complexity index is 840. The van der Waals surface area contributed by atoms with Gasteiger partial charge in [0.05, 0.1) is 11.2 Å². The number of halogens is 1. The van der Waals surface area contributed by atoms with E-state index in [0.29, 0.717) is 10.7 Å². The van der Waals surface area contributed by atoms with Crippen molar-refractivity contribution in [1.82, 2.24) is 4.90 Å². The molecule has 0 atom stereocenters. The van der Waals surface area contributed by atoms with Crippen LogP contribution in [0.4, 0.5) is 5.69 Å². The van der Waals surface area contributed by atoms with Crippen molar-refractivity contribution in [2.75, 3.05) is 31.1 Å². The zero-order valence-corrected chi connectivity index (χ0v) is 15.0. The molecule has 25 heavy (non-hydrogen) atoms. The number of benzene rings is 1. The van der Waals surface area contributed by atoms with Gasteiger partial charge < -0.3 is 14.2 Å². The van der Waals surface area contributed by atoms with Crippen LogP contribution in [-0.4, -0.2) is 42.2 Å². The van der Waals surface area contributed by atoms with Gasteiger partial charge in [0.1, 0.15) is 5.76 Å². The molecule has 7 heteroatoms. The zero-order valence-electron chi connectivity index (χ0n) is 13.4. The number of thioether (sulfide) groups is 1. The molecule has 0 bridgehead atoms. The van der Waals surface area contributed by atoms with Crippen LogP contribution in [0.25, 0.3) is 6.08 Å². The molecule has 2 aromatic rings. The van der Waals surface area contributed by atoms with Crippen molar-refractivity contribution in [3.05, 3.63) is 58.3 Å². The second-order valence-electron chi connectivity index (χ2n) is 5.78. The van der Waals surface area contributed by atoms with Gasteiger partial charge in [-0.3, -0.25) is 4.79 Å². The van der Waals surface area contributed by atoms with Crippen LogP contribution in [0.15, 0.2) is 57.0 Å². The number of hydrogen-bond acceptors (Lipinski definition) is 5. The number of carbonyl (C=O) groups is 1. The molecule has 4 rings (SSSR count). The van der Waals surface area contributed by atoms with Gasteiger partial charge in [-0.1, -0.05) is 17.7 Å². The number of rotatable bonds is 2. The summed E-state index contributed by atoms with van der Waals surface area (Å²) in [5.74, 6) is 0.465. The third-order valence-electron chi connectivity index (χ3n) is 4.15. The summed E-state index contributed by atoms with van der Waals surface area (Å²) >= 11 is 7.49. The van der Waals surface area contributed by atoms with Crippen molar-refractivity contribution in [3.63, 3.8) is 0 Å². The maximum Gasteiger partial charge on any atom is 0.286 e. The van der Waals surface area contributed by atoms with E-state index in [4.69, 9.17) is 16.0 Å². The smallest absolute Gasteiger partial charge is 0.286 e. The van der Waals surface area contributed by atoms with Gasteiger partial charge in [0.15, 0.2) is 5.17 Å². The van der Waals surface area contributed by atoms with Crippen LogP contribution < -0.4 is 4.90 Å². The molecular weight excluding hydrogens is 358 g/mol. The van der Waals surface area contributed by atoms with Crippen molar-refractivity contribution >= 4 is 46.2 Å². The third-order valence-corrected chi connectivity index (χ3v) is 5.43. The van der Waals surface area contributed by atoms with Gasteiger partial charge in [-0.05, 0) is 42.1 Å². The average Bonchev–Trinajstić information content (AvgIpc) is 3.26. The molecular formula is C18H16ClN3O2S. The molecule has 0 spiro atoms. The number of carbonyl (C=O) groups excluding carboxylic acids is 1. The van der Waals surface area contributed by atoms with Crippen LogP contribution >= 0.6 is 23.4 Å². The summed E-state index contributed by atoms with van der Waals surface area (Å²) in [4.78, 5) is 21.4. The molecule has 1 aromatic heterocycles. The summed E-state index contributed by atoms with van der Waals surface area (Å²) in [6.45, 7) is 3.37. The summed E-state index contributed by atoms with van der Waals surface area (Å²) in [6.07, 6.45) is 3.33. The lowest BCUT2D eigenvalue weighted by atomic mass is 10.2. The Kier molecular flexibility index (Phi) is 4.55. The highest BCUT2D eigenvalue weighted by Gasteiger charge is 2.28. The molecule has 1 fully saturated rings. The fourth-order valence-electron chi connectivity index (χ4n) is 2.86. The van der Waals surface area contributed by atoms with Crippen LogP contribution in [0.1, 0.15) is 5.76 Å². The predicted octanol–water partition coefficient (Wildman–Crippen LogP) is 3.73. The fraction of sp³-hybridized carbons (Fsp3) is 0.222. The Morgan fingerprint density at radius 1 is 1.12 bits per heavy atom. The van der Waals surface area contributed by atoms with Gasteiger partial charge >= 0.3 is 0 Å².